The fourth-order valence-corrected chi connectivity index (χ4v) is 2.78. The summed E-state index contributed by atoms with van der Waals surface area (Å²) in [7, 11) is 0. The van der Waals surface area contributed by atoms with Crippen molar-refractivity contribution in [1.82, 2.24) is 0 Å². The maximum Gasteiger partial charge on any atom is 0.161 e. The minimum atomic E-state index is 0.255. The summed E-state index contributed by atoms with van der Waals surface area (Å²) in [6, 6.07) is 10.7. The van der Waals surface area contributed by atoms with Crippen LogP contribution < -0.4 is 5.32 Å². The third kappa shape index (κ3) is 3.50. The Bertz CT molecular complexity index is 392. The van der Waals surface area contributed by atoms with E-state index in [0.717, 1.165) is 16.6 Å². The lowest BCUT2D eigenvalue weighted by Gasteiger charge is -2.31. The highest BCUT2D eigenvalue weighted by molar-refractivity contribution is 8.14. The molecule has 0 saturated heterocycles. The lowest BCUT2D eigenvalue weighted by Crippen LogP contribution is -2.30. The van der Waals surface area contributed by atoms with Gasteiger partial charge in [0.1, 0.15) is 0 Å². The maximum atomic E-state index is 4.82. The number of aliphatic imine (C=N–C) groups is 1. The lowest BCUT2D eigenvalue weighted by atomic mass is 9.85. The highest BCUT2D eigenvalue weighted by Gasteiger charge is 2.27. The molecule has 2 nitrogen and oxygen atoms in total. The number of hydrogen-bond acceptors (Lipinski definition) is 3. The summed E-state index contributed by atoms with van der Waals surface area (Å²) in [6.45, 7) is 6.78. The van der Waals surface area contributed by atoms with Gasteiger partial charge in [-0.15, -0.1) is 0 Å². The molecule has 92 valence electrons. The largest absolute Gasteiger partial charge is 0.335 e. The molecule has 1 unspecified atom stereocenters. The SMILES string of the molecule is CC(C)(C)C1CCSC(Nc2ccccc2)=N1. The highest BCUT2D eigenvalue weighted by Crippen LogP contribution is 2.30. The van der Waals surface area contributed by atoms with E-state index in [1.54, 1.807) is 0 Å². The Morgan fingerprint density at radius 2 is 1.94 bits per heavy atom. The Labute approximate surface area is 108 Å². The van der Waals surface area contributed by atoms with Gasteiger partial charge in [-0.3, -0.25) is 4.99 Å². The number of para-hydroxylation sites is 1. The van der Waals surface area contributed by atoms with Gasteiger partial charge < -0.3 is 5.32 Å². The van der Waals surface area contributed by atoms with Gasteiger partial charge in [0.25, 0.3) is 0 Å². The third-order valence-corrected chi connectivity index (χ3v) is 3.85. The van der Waals surface area contributed by atoms with Crippen LogP contribution in [0.1, 0.15) is 27.2 Å². The summed E-state index contributed by atoms with van der Waals surface area (Å²) in [5.74, 6) is 1.15. The Morgan fingerprint density at radius 3 is 2.59 bits per heavy atom. The first-order valence-corrected chi connectivity index (χ1v) is 7.07. The van der Waals surface area contributed by atoms with Crippen molar-refractivity contribution in [3.05, 3.63) is 30.3 Å². The van der Waals surface area contributed by atoms with Crippen molar-refractivity contribution >= 4 is 22.6 Å². The minimum absolute atomic E-state index is 0.255. The minimum Gasteiger partial charge on any atom is -0.335 e. The number of thioether (sulfide) groups is 1. The first kappa shape index (κ1) is 12.5. The molecule has 0 aliphatic carbocycles. The van der Waals surface area contributed by atoms with Crippen LogP contribution in [-0.4, -0.2) is 17.0 Å². The van der Waals surface area contributed by atoms with Crippen LogP contribution in [0.25, 0.3) is 0 Å². The predicted octanol–water partition coefficient (Wildman–Crippen LogP) is 4.01. The quantitative estimate of drug-likeness (QED) is 0.812. The summed E-state index contributed by atoms with van der Waals surface area (Å²) in [4.78, 5) is 4.82. The molecule has 1 aromatic rings. The van der Waals surface area contributed by atoms with Crippen molar-refractivity contribution in [2.45, 2.75) is 33.2 Å². The van der Waals surface area contributed by atoms with Gasteiger partial charge in [-0.25, -0.2) is 0 Å². The first-order valence-electron chi connectivity index (χ1n) is 6.08. The second kappa shape index (κ2) is 5.13. The smallest absolute Gasteiger partial charge is 0.161 e. The fraction of sp³-hybridized carbons (Fsp3) is 0.500. The van der Waals surface area contributed by atoms with E-state index in [-0.39, 0.29) is 5.41 Å². The normalized spacial score (nSPS) is 20.9. The van der Waals surface area contributed by atoms with Crippen molar-refractivity contribution in [2.24, 2.45) is 10.4 Å². The molecule has 1 heterocycles. The van der Waals surface area contributed by atoms with E-state index in [0.29, 0.717) is 6.04 Å². The number of benzene rings is 1. The zero-order valence-electron chi connectivity index (χ0n) is 10.7. The molecule has 0 amide bonds. The summed E-state index contributed by atoms with van der Waals surface area (Å²) in [5, 5.41) is 4.45. The Kier molecular flexibility index (Phi) is 3.77. The van der Waals surface area contributed by atoms with E-state index in [9.17, 15) is 0 Å². The second-order valence-corrected chi connectivity index (χ2v) is 6.53. The monoisotopic (exact) mass is 248 g/mol. The van der Waals surface area contributed by atoms with Crippen LogP contribution in [0.15, 0.2) is 35.3 Å². The molecule has 1 aromatic carbocycles. The molecule has 1 N–H and O–H groups in total. The van der Waals surface area contributed by atoms with E-state index >= 15 is 0 Å². The van der Waals surface area contributed by atoms with Crippen molar-refractivity contribution < 1.29 is 0 Å². The van der Waals surface area contributed by atoms with E-state index in [4.69, 9.17) is 4.99 Å². The third-order valence-electron chi connectivity index (χ3n) is 2.93. The molecule has 0 fully saturated rings. The molecule has 0 saturated carbocycles. The van der Waals surface area contributed by atoms with Crippen LogP contribution in [0.5, 0.6) is 0 Å². The van der Waals surface area contributed by atoms with Crippen LogP contribution >= 0.6 is 11.8 Å². The van der Waals surface area contributed by atoms with Gasteiger partial charge in [-0.05, 0) is 24.0 Å². The molecule has 2 rings (SSSR count). The van der Waals surface area contributed by atoms with Crippen LogP contribution in [0.3, 0.4) is 0 Å². The number of rotatable bonds is 1. The molecule has 0 aromatic heterocycles. The van der Waals surface area contributed by atoms with Crippen molar-refractivity contribution in [2.75, 3.05) is 11.1 Å². The zero-order valence-corrected chi connectivity index (χ0v) is 11.6. The molecule has 1 aliphatic heterocycles. The van der Waals surface area contributed by atoms with Crippen molar-refractivity contribution in [3.63, 3.8) is 0 Å². The maximum absolute atomic E-state index is 4.82. The highest BCUT2D eigenvalue weighted by atomic mass is 32.2. The van der Waals surface area contributed by atoms with Gasteiger partial charge in [-0.2, -0.15) is 0 Å². The Morgan fingerprint density at radius 1 is 1.24 bits per heavy atom. The van der Waals surface area contributed by atoms with Crippen LogP contribution in [0.2, 0.25) is 0 Å². The molecule has 1 atom stereocenters. The average molecular weight is 248 g/mol. The van der Waals surface area contributed by atoms with Gasteiger partial charge in [0.05, 0.1) is 6.04 Å². The topological polar surface area (TPSA) is 24.4 Å². The Balaban J connectivity index is 2.09. The van der Waals surface area contributed by atoms with Crippen LogP contribution in [-0.2, 0) is 0 Å². The van der Waals surface area contributed by atoms with E-state index in [1.807, 2.05) is 30.0 Å². The van der Waals surface area contributed by atoms with Crippen LogP contribution in [0.4, 0.5) is 5.69 Å². The molecule has 0 bridgehead atoms. The zero-order chi connectivity index (χ0) is 12.3. The van der Waals surface area contributed by atoms with E-state index in [2.05, 4.69) is 38.2 Å². The molecular formula is C14H20N2S. The summed E-state index contributed by atoms with van der Waals surface area (Å²) in [6.07, 6.45) is 1.17. The molecule has 3 heteroatoms. The lowest BCUT2D eigenvalue weighted by molar-refractivity contribution is 0.316. The van der Waals surface area contributed by atoms with Gasteiger partial charge in [0, 0.05) is 11.4 Å². The molecule has 17 heavy (non-hydrogen) atoms. The van der Waals surface area contributed by atoms with Gasteiger partial charge in [-0.1, -0.05) is 50.7 Å². The van der Waals surface area contributed by atoms with E-state index < -0.39 is 0 Å². The molecule has 0 radical (unpaired) electrons. The summed E-state index contributed by atoms with van der Waals surface area (Å²) >= 11 is 1.82. The van der Waals surface area contributed by atoms with Crippen LogP contribution in [0, 0.1) is 5.41 Å². The second-order valence-electron chi connectivity index (χ2n) is 5.44. The number of nitrogens with zero attached hydrogens (tertiary/aromatic N) is 1. The number of hydrogen-bond donors (Lipinski definition) is 1. The summed E-state index contributed by atoms with van der Waals surface area (Å²) < 4.78 is 0. The number of anilines is 1. The van der Waals surface area contributed by atoms with Gasteiger partial charge >= 0.3 is 0 Å². The average Bonchev–Trinajstić information content (AvgIpc) is 2.29. The fourth-order valence-electron chi connectivity index (χ4n) is 1.85. The number of nitrogens with one attached hydrogen (secondary N) is 1. The Hall–Kier alpha value is -0.960. The van der Waals surface area contributed by atoms with E-state index in [1.165, 1.54) is 6.42 Å². The molecule has 1 aliphatic rings. The summed E-state index contributed by atoms with van der Waals surface area (Å²) in [5.41, 5.74) is 1.37. The van der Waals surface area contributed by atoms with Crippen molar-refractivity contribution in [1.29, 1.82) is 0 Å². The molecular weight excluding hydrogens is 228 g/mol. The predicted molar refractivity (Wildman–Crippen MR) is 77.8 cm³/mol. The van der Waals surface area contributed by atoms with Gasteiger partial charge in [0.15, 0.2) is 5.17 Å². The molecule has 0 spiro atoms. The van der Waals surface area contributed by atoms with Gasteiger partial charge in [0.2, 0.25) is 0 Å². The van der Waals surface area contributed by atoms with Crippen molar-refractivity contribution in [3.8, 4) is 0 Å². The first-order chi connectivity index (χ1) is 8.05. The number of amidine groups is 1. The standard InChI is InChI=1S/C14H20N2S/c1-14(2,3)12-9-10-17-13(16-12)15-11-7-5-4-6-8-11/h4-8,12H,9-10H2,1-3H3,(H,15,16).